The third-order valence-electron chi connectivity index (χ3n) is 4.50. The van der Waals surface area contributed by atoms with E-state index in [-0.39, 0.29) is 29.1 Å². The molecule has 1 aliphatic rings. The van der Waals surface area contributed by atoms with Crippen LogP contribution in [0.1, 0.15) is 45.0 Å². The van der Waals surface area contributed by atoms with Crippen molar-refractivity contribution in [3.63, 3.8) is 0 Å². The van der Waals surface area contributed by atoms with Crippen molar-refractivity contribution in [3.8, 4) is 0 Å². The van der Waals surface area contributed by atoms with Crippen molar-refractivity contribution in [2.45, 2.75) is 57.8 Å². The maximum atomic E-state index is 12.8. The number of hydrogen-bond acceptors (Lipinski definition) is 4. The van der Waals surface area contributed by atoms with Gasteiger partial charge in [0.15, 0.2) is 0 Å². The number of hydrogen-bond donors (Lipinski definition) is 1. The minimum Gasteiger partial charge on any atom is -0.373 e. The molecule has 0 bridgehead atoms. The highest BCUT2D eigenvalue weighted by molar-refractivity contribution is 7.89. The molecule has 0 radical (unpaired) electrons. The van der Waals surface area contributed by atoms with Gasteiger partial charge in [-0.25, -0.2) is 8.42 Å². The van der Waals surface area contributed by atoms with Crippen molar-refractivity contribution >= 4 is 15.9 Å². The summed E-state index contributed by atoms with van der Waals surface area (Å²) in [6.07, 6.45) is -0.276. The molecule has 1 aliphatic heterocycles. The first-order chi connectivity index (χ1) is 11.6. The van der Waals surface area contributed by atoms with Crippen LogP contribution < -0.4 is 5.32 Å². The zero-order valence-corrected chi connectivity index (χ0v) is 16.3. The zero-order valence-electron chi connectivity index (χ0n) is 15.5. The van der Waals surface area contributed by atoms with E-state index in [2.05, 4.69) is 5.32 Å². The van der Waals surface area contributed by atoms with Crippen LogP contribution in [0.5, 0.6) is 0 Å². The van der Waals surface area contributed by atoms with Gasteiger partial charge in [0.05, 0.1) is 17.1 Å². The summed E-state index contributed by atoms with van der Waals surface area (Å²) in [6, 6.07) is 6.15. The fourth-order valence-corrected chi connectivity index (χ4v) is 4.30. The van der Waals surface area contributed by atoms with Crippen molar-refractivity contribution in [2.75, 3.05) is 13.1 Å². The fraction of sp³-hybridized carbons (Fsp3) is 0.611. The Labute approximate surface area is 150 Å². The molecule has 1 N–H and O–H groups in total. The Kier molecular flexibility index (Phi) is 6.24. The largest absolute Gasteiger partial charge is 0.373 e. The smallest absolute Gasteiger partial charge is 0.251 e. The lowest BCUT2D eigenvalue weighted by Crippen LogP contribution is -2.48. The Balaban J connectivity index is 2.14. The molecule has 0 saturated carbocycles. The number of amides is 1. The zero-order chi connectivity index (χ0) is 18.8. The van der Waals surface area contributed by atoms with Gasteiger partial charge in [0, 0.05) is 24.7 Å². The number of nitrogens with one attached hydrogen (secondary N) is 1. The van der Waals surface area contributed by atoms with Crippen LogP contribution in [0.4, 0.5) is 0 Å². The van der Waals surface area contributed by atoms with Gasteiger partial charge in [0.1, 0.15) is 0 Å². The van der Waals surface area contributed by atoms with Gasteiger partial charge in [0.2, 0.25) is 10.0 Å². The average molecular weight is 368 g/mol. The molecule has 0 spiro atoms. The minimum atomic E-state index is -3.59. The third kappa shape index (κ3) is 4.80. The lowest BCUT2D eigenvalue weighted by molar-refractivity contribution is -0.0440. The standard InChI is InChI=1S/C18H28N2O4S/c1-12(2)15(5)19-18(21)16-6-8-17(9-7-16)25(22,23)20-10-13(3)24-14(4)11-20/h6-9,12-15H,10-11H2,1-5H3,(H,19,21)/t13-,14-,15-/m1/s1. The summed E-state index contributed by atoms with van der Waals surface area (Å²) in [6.45, 7) is 10.4. The van der Waals surface area contributed by atoms with Gasteiger partial charge < -0.3 is 10.1 Å². The number of rotatable bonds is 5. The van der Waals surface area contributed by atoms with E-state index < -0.39 is 10.0 Å². The third-order valence-corrected chi connectivity index (χ3v) is 6.35. The summed E-state index contributed by atoms with van der Waals surface area (Å²) in [5.74, 6) is 0.132. The number of nitrogens with zero attached hydrogens (tertiary/aromatic N) is 1. The highest BCUT2D eigenvalue weighted by Gasteiger charge is 2.32. The predicted molar refractivity (Wildman–Crippen MR) is 97.0 cm³/mol. The first-order valence-corrected chi connectivity index (χ1v) is 10.1. The molecule has 1 aromatic carbocycles. The van der Waals surface area contributed by atoms with Crippen LogP contribution in [0.3, 0.4) is 0 Å². The van der Waals surface area contributed by atoms with Gasteiger partial charge in [-0.2, -0.15) is 4.31 Å². The van der Waals surface area contributed by atoms with E-state index in [0.717, 1.165) is 0 Å². The lowest BCUT2D eigenvalue weighted by atomic mass is 10.1. The van der Waals surface area contributed by atoms with Crippen molar-refractivity contribution in [2.24, 2.45) is 5.92 Å². The van der Waals surface area contributed by atoms with Crippen LogP contribution in [0.15, 0.2) is 29.2 Å². The van der Waals surface area contributed by atoms with Gasteiger partial charge in [0.25, 0.3) is 5.91 Å². The van der Waals surface area contributed by atoms with E-state index in [1.165, 1.54) is 16.4 Å². The quantitative estimate of drug-likeness (QED) is 0.865. The van der Waals surface area contributed by atoms with E-state index in [9.17, 15) is 13.2 Å². The fourth-order valence-electron chi connectivity index (χ4n) is 2.71. The van der Waals surface area contributed by atoms with E-state index in [1.807, 2.05) is 34.6 Å². The molecular formula is C18H28N2O4S. The Hall–Kier alpha value is -1.44. The summed E-state index contributed by atoms with van der Waals surface area (Å²) < 4.78 is 32.6. The maximum Gasteiger partial charge on any atom is 0.251 e. The van der Waals surface area contributed by atoms with Crippen LogP contribution >= 0.6 is 0 Å². The minimum absolute atomic E-state index is 0.0484. The van der Waals surface area contributed by atoms with E-state index in [0.29, 0.717) is 24.6 Å². The summed E-state index contributed by atoms with van der Waals surface area (Å²) in [5, 5.41) is 2.91. The average Bonchev–Trinajstić information content (AvgIpc) is 2.53. The Morgan fingerprint density at radius 3 is 2.12 bits per heavy atom. The molecule has 140 valence electrons. The van der Waals surface area contributed by atoms with Gasteiger partial charge in [-0.3, -0.25) is 4.79 Å². The summed E-state index contributed by atoms with van der Waals surface area (Å²) >= 11 is 0. The molecule has 1 saturated heterocycles. The lowest BCUT2D eigenvalue weighted by Gasteiger charge is -2.34. The van der Waals surface area contributed by atoms with Crippen molar-refractivity contribution < 1.29 is 17.9 Å². The van der Waals surface area contributed by atoms with E-state index in [4.69, 9.17) is 4.74 Å². The van der Waals surface area contributed by atoms with Crippen LogP contribution in [0.25, 0.3) is 0 Å². The molecule has 0 unspecified atom stereocenters. The van der Waals surface area contributed by atoms with Gasteiger partial charge in [-0.05, 0) is 51.0 Å². The van der Waals surface area contributed by atoms with Crippen molar-refractivity contribution in [3.05, 3.63) is 29.8 Å². The Morgan fingerprint density at radius 1 is 1.12 bits per heavy atom. The van der Waals surface area contributed by atoms with Gasteiger partial charge in [-0.1, -0.05) is 13.8 Å². The molecule has 1 fully saturated rings. The molecule has 1 aromatic rings. The molecule has 1 amide bonds. The number of carbonyl (C=O) groups excluding carboxylic acids is 1. The molecule has 2 rings (SSSR count). The number of morpholine rings is 1. The molecule has 3 atom stereocenters. The second-order valence-corrected chi connectivity index (χ2v) is 9.05. The molecule has 1 heterocycles. The maximum absolute atomic E-state index is 12.8. The monoisotopic (exact) mass is 368 g/mol. The first kappa shape index (κ1) is 19.9. The molecular weight excluding hydrogens is 340 g/mol. The number of ether oxygens (including phenoxy) is 1. The Bertz CT molecular complexity index is 690. The second-order valence-electron chi connectivity index (χ2n) is 7.11. The van der Waals surface area contributed by atoms with Crippen LogP contribution in [-0.2, 0) is 14.8 Å². The molecule has 7 heteroatoms. The Morgan fingerprint density at radius 2 is 1.64 bits per heavy atom. The van der Waals surface area contributed by atoms with E-state index >= 15 is 0 Å². The molecule has 0 aromatic heterocycles. The summed E-state index contributed by atoms with van der Waals surface area (Å²) in [4.78, 5) is 12.4. The predicted octanol–water partition coefficient (Wildman–Crippen LogP) is 2.26. The van der Waals surface area contributed by atoms with Gasteiger partial charge >= 0.3 is 0 Å². The highest BCUT2D eigenvalue weighted by atomic mass is 32.2. The van der Waals surface area contributed by atoms with Crippen LogP contribution in [0, 0.1) is 5.92 Å². The van der Waals surface area contributed by atoms with Crippen LogP contribution in [-0.4, -0.2) is 50.0 Å². The van der Waals surface area contributed by atoms with Crippen LogP contribution in [0.2, 0.25) is 0 Å². The van der Waals surface area contributed by atoms with E-state index in [1.54, 1.807) is 12.1 Å². The van der Waals surface area contributed by atoms with Crippen molar-refractivity contribution in [1.82, 2.24) is 9.62 Å². The van der Waals surface area contributed by atoms with Crippen molar-refractivity contribution in [1.29, 1.82) is 0 Å². The highest BCUT2D eigenvalue weighted by Crippen LogP contribution is 2.21. The number of benzene rings is 1. The number of sulfonamides is 1. The second kappa shape index (κ2) is 7.85. The topological polar surface area (TPSA) is 75.7 Å². The molecule has 25 heavy (non-hydrogen) atoms. The summed E-state index contributed by atoms with van der Waals surface area (Å²) in [7, 11) is -3.59. The molecule has 0 aliphatic carbocycles. The number of carbonyl (C=O) groups is 1. The molecule has 6 nitrogen and oxygen atoms in total. The SMILES string of the molecule is CC(C)[C@@H](C)NC(=O)c1ccc(S(=O)(=O)N2C[C@@H](C)O[C@H](C)C2)cc1. The first-order valence-electron chi connectivity index (χ1n) is 8.67. The summed E-state index contributed by atoms with van der Waals surface area (Å²) in [5.41, 5.74) is 0.454. The normalized spacial score (nSPS) is 23.4. The van der Waals surface area contributed by atoms with Gasteiger partial charge in [-0.15, -0.1) is 0 Å².